The van der Waals surface area contributed by atoms with Crippen molar-refractivity contribution < 1.29 is 18.0 Å². The van der Waals surface area contributed by atoms with E-state index in [1.165, 1.54) is 0 Å². The van der Waals surface area contributed by atoms with Crippen LogP contribution in [0.15, 0.2) is 15.8 Å². The molecule has 0 unspecified atom stereocenters. The first-order valence-corrected chi connectivity index (χ1v) is 4.89. The van der Waals surface area contributed by atoms with Gasteiger partial charge < -0.3 is 5.32 Å². The van der Waals surface area contributed by atoms with E-state index >= 15 is 0 Å². The maximum absolute atomic E-state index is 11.8. The standard InChI is InChI=1S/C8H7ClF3N3O3/c9-4-1-15(7(18)14-6(4)17)2-5(16)13-3-8(10,11)12/h1H,2-3H2,(H,13,16)(H,14,17,18). The summed E-state index contributed by atoms with van der Waals surface area (Å²) in [7, 11) is 0. The van der Waals surface area contributed by atoms with Crippen LogP contribution in [-0.2, 0) is 11.3 Å². The molecular formula is C8H7ClF3N3O3. The highest BCUT2D eigenvalue weighted by atomic mass is 35.5. The monoisotopic (exact) mass is 285 g/mol. The second-order valence-corrected chi connectivity index (χ2v) is 3.66. The summed E-state index contributed by atoms with van der Waals surface area (Å²) in [5.74, 6) is -1.03. The number of nitrogens with one attached hydrogen (secondary N) is 2. The van der Waals surface area contributed by atoms with Crippen LogP contribution in [0.5, 0.6) is 0 Å². The van der Waals surface area contributed by atoms with Crippen LogP contribution >= 0.6 is 11.6 Å². The summed E-state index contributed by atoms with van der Waals surface area (Å²) >= 11 is 5.40. The number of hydrogen-bond acceptors (Lipinski definition) is 3. The second-order valence-electron chi connectivity index (χ2n) is 3.26. The third kappa shape index (κ3) is 4.24. The van der Waals surface area contributed by atoms with Crippen molar-refractivity contribution in [2.45, 2.75) is 12.7 Å². The van der Waals surface area contributed by atoms with E-state index in [2.05, 4.69) is 0 Å². The Balaban J connectivity index is 2.74. The lowest BCUT2D eigenvalue weighted by molar-refractivity contribution is -0.138. The minimum atomic E-state index is -4.54. The van der Waals surface area contributed by atoms with Gasteiger partial charge in [-0.15, -0.1) is 0 Å². The largest absolute Gasteiger partial charge is 0.405 e. The van der Waals surface area contributed by atoms with Crippen LogP contribution in [0.3, 0.4) is 0 Å². The van der Waals surface area contributed by atoms with Crippen molar-refractivity contribution in [3.05, 3.63) is 32.1 Å². The lowest BCUT2D eigenvalue weighted by atomic mass is 10.5. The first kappa shape index (κ1) is 14.3. The van der Waals surface area contributed by atoms with Gasteiger partial charge in [0.25, 0.3) is 5.56 Å². The van der Waals surface area contributed by atoms with E-state index in [9.17, 15) is 27.6 Å². The molecule has 0 aliphatic heterocycles. The van der Waals surface area contributed by atoms with Gasteiger partial charge in [0, 0.05) is 6.20 Å². The molecule has 0 saturated carbocycles. The Labute approximate surface area is 102 Å². The van der Waals surface area contributed by atoms with Gasteiger partial charge in [-0.2, -0.15) is 13.2 Å². The number of carbonyl (C=O) groups is 1. The Morgan fingerprint density at radius 1 is 1.44 bits per heavy atom. The third-order valence-electron chi connectivity index (χ3n) is 1.77. The van der Waals surface area contributed by atoms with E-state index < -0.39 is 36.4 Å². The highest BCUT2D eigenvalue weighted by Gasteiger charge is 2.27. The van der Waals surface area contributed by atoms with Crippen molar-refractivity contribution in [1.82, 2.24) is 14.9 Å². The molecule has 2 N–H and O–H groups in total. The highest BCUT2D eigenvalue weighted by molar-refractivity contribution is 6.30. The third-order valence-corrected chi connectivity index (χ3v) is 2.04. The maximum Gasteiger partial charge on any atom is 0.405 e. The molecule has 6 nitrogen and oxygen atoms in total. The zero-order chi connectivity index (χ0) is 13.9. The van der Waals surface area contributed by atoms with Crippen LogP contribution < -0.4 is 16.6 Å². The van der Waals surface area contributed by atoms with Crippen LogP contribution in [0.1, 0.15) is 0 Å². The Hall–Kier alpha value is -1.77. The molecule has 18 heavy (non-hydrogen) atoms. The van der Waals surface area contributed by atoms with Crippen molar-refractivity contribution in [3.8, 4) is 0 Å². The molecule has 1 aromatic heterocycles. The number of nitrogens with zero attached hydrogens (tertiary/aromatic N) is 1. The predicted octanol–water partition coefficient (Wildman–Crippen LogP) is -0.132. The lowest BCUT2D eigenvalue weighted by Crippen LogP contribution is -2.39. The van der Waals surface area contributed by atoms with Crippen molar-refractivity contribution >= 4 is 17.5 Å². The van der Waals surface area contributed by atoms with Crippen molar-refractivity contribution in [2.75, 3.05) is 6.54 Å². The summed E-state index contributed by atoms with van der Waals surface area (Å²) < 4.78 is 36.1. The van der Waals surface area contributed by atoms with E-state index in [1.807, 2.05) is 0 Å². The quantitative estimate of drug-likeness (QED) is 0.811. The van der Waals surface area contributed by atoms with Gasteiger partial charge in [0.05, 0.1) is 0 Å². The molecule has 0 aliphatic rings. The predicted molar refractivity (Wildman–Crippen MR) is 55.4 cm³/mol. The van der Waals surface area contributed by atoms with E-state index in [1.54, 1.807) is 10.3 Å². The fourth-order valence-electron chi connectivity index (χ4n) is 1.01. The molecule has 10 heteroatoms. The minimum Gasteiger partial charge on any atom is -0.345 e. The maximum atomic E-state index is 11.8. The van der Waals surface area contributed by atoms with Gasteiger partial charge in [0.1, 0.15) is 18.1 Å². The molecule has 1 heterocycles. The molecule has 0 fully saturated rings. The van der Waals surface area contributed by atoms with E-state index in [0.717, 1.165) is 6.20 Å². The number of aromatic amines is 1. The summed E-state index contributed by atoms with van der Waals surface area (Å²) in [5.41, 5.74) is -1.78. The van der Waals surface area contributed by atoms with Gasteiger partial charge in [-0.25, -0.2) is 4.79 Å². The molecule has 0 atom stereocenters. The molecule has 0 saturated heterocycles. The van der Waals surface area contributed by atoms with Gasteiger partial charge in [-0.05, 0) is 0 Å². The minimum absolute atomic E-state index is 0.349. The Bertz CT molecular complexity index is 563. The number of alkyl halides is 3. The van der Waals surface area contributed by atoms with Crippen molar-refractivity contribution in [1.29, 1.82) is 0 Å². The van der Waals surface area contributed by atoms with Gasteiger partial charge in [-0.1, -0.05) is 11.6 Å². The normalized spacial score (nSPS) is 11.3. The zero-order valence-corrected chi connectivity index (χ0v) is 9.43. The number of hydrogen-bond donors (Lipinski definition) is 2. The second kappa shape index (κ2) is 5.25. The summed E-state index contributed by atoms with van der Waals surface area (Å²) in [4.78, 5) is 35.0. The fourth-order valence-corrected chi connectivity index (χ4v) is 1.17. The number of halogens is 4. The topological polar surface area (TPSA) is 84.0 Å². The number of aromatic nitrogens is 2. The highest BCUT2D eigenvalue weighted by Crippen LogP contribution is 2.11. The molecule has 0 aromatic carbocycles. The first-order chi connectivity index (χ1) is 8.19. The van der Waals surface area contributed by atoms with Crippen LogP contribution in [-0.4, -0.2) is 28.2 Å². The summed E-state index contributed by atoms with van der Waals surface area (Å²) in [6, 6.07) is 0. The molecule has 0 radical (unpaired) electrons. The van der Waals surface area contributed by atoms with Gasteiger partial charge in [0.15, 0.2) is 0 Å². The summed E-state index contributed by atoms with van der Waals surface area (Å²) in [6.45, 7) is -2.18. The first-order valence-electron chi connectivity index (χ1n) is 4.52. The van der Waals surface area contributed by atoms with Crippen molar-refractivity contribution in [3.63, 3.8) is 0 Å². The smallest absolute Gasteiger partial charge is 0.345 e. The molecule has 0 bridgehead atoms. The Morgan fingerprint density at radius 3 is 2.61 bits per heavy atom. The number of rotatable bonds is 3. The van der Waals surface area contributed by atoms with Crippen LogP contribution in [0.4, 0.5) is 13.2 Å². The Morgan fingerprint density at radius 2 is 2.06 bits per heavy atom. The number of carbonyl (C=O) groups excluding carboxylic acids is 1. The molecule has 100 valence electrons. The van der Waals surface area contributed by atoms with Crippen LogP contribution in [0.2, 0.25) is 5.02 Å². The average molecular weight is 286 g/mol. The molecule has 1 aromatic rings. The molecule has 1 rings (SSSR count). The molecular weight excluding hydrogens is 279 g/mol. The van der Waals surface area contributed by atoms with Crippen molar-refractivity contribution in [2.24, 2.45) is 0 Å². The zero-order valence-electron chi connectivity index (χ0n) is 8.68. The molecule has 0 spiro atoms. The molecule has 0 aliphatic carbocycles. The SMILES string of the molecule is O=C(Cn1cc(Cl)c(=O)[nH]c1=O)NCC(F)(F)F. The van der Waals surface area contributed by atoms with Crippen LogP contribution in [0.25, 0.3) is 0 Å². The summed E-state index contributed by atoms with van der Waals surface area (Å²) in [5, 5.41) is 1.22. The van der Waals surface area contributed by atoms with E-state index in [-0.39, 0.29) is 5.02 Å². The Kier molecular flexibility index (Phi) is 4.17. The lowest BCUT2D eigenvalue weighted by Gasteiger charge is -2.09. The van der Waals surface area contributed by atoms with Crippen LogP contribution in [0, 0.1) is 0 Å². The fraction of sp³-hybridized carbons (Fsp3) is 0.375. The summed E-state index contributed by atoms with van der Waals surface area (Å²) in [6.07, 6.45) is -3.67. The van der Waals surface area contributed by atoms with Gasteiger partial charge in [0.2, 0.25) is 5.91 Å². The van der Waals surface area contributed by atoms with E-state index in [4.69, 9.17) is 11.6 Å². The van der Waals surface area contributed by atoms with E-state index in [0.29, 0.717) is 4.57 Å². The van der Waals surface area contributed by atoms with Gasteiger partial charge in [-0.3, -0.25) is 19.1 Å². The number of H-pyrrole nitrogens is 1. The molecule has 1 amide bonds. The average Bonchev–Trinajstić information content (AvgIpc) is 2.22. The number of amides is 1. The van der Waals surface area contributed by atoms with Gasteiger partial charge >= 0.3 is 11.9 Å².